The van der Waals surface area contributed by atoms with Gasteiger partial charge in [-0.2, -0.15) is 5.10 Å². The second kappa shape index (κ2) is 5.40. The van der Waals surface area contributed by atoms with Crippen LogP contribution in [-0.2, 0) is 0 Å². The van der Waals surface area contributed by atoms with E-state index in [1.54, 1.807) is 18.2 Å². The summed E-state index contributed by atoms with van der Waals surface area (Å²) in [5.41, 5.74) is 2.00. The Labute approximate surface area is 119 Å². The molecule has 0 saturated heterocycles. The van der Waals surface area contributed by atoms with Crippen LogP contribution in [0.3, 0.4) is 0 Å². The van der Waals surface area contributed by atoms with E-state index in [-0.39, 0.29) is 11.3 Å². The fourth-order valence-electron chi connectivity index (χ4n) is 1.76. The third kappa shape index (κ3) is 3.12. The Bertz CT molecular complexity index is 705. The first-order valence-electron chi connectivity index (χ1n) is 5.70. The Morgan fingerprint density at radius 3 is 2.68 bits per heavy atom. The lowest BCUT2D eigenvalue weighted by molar-refractivity contribution is 0.474. The van der Waals surface area contributed by atoms with Crippen LogP contribution in [0.2, 0.25) is 0 Å². The van der Waals surface area contributed by atoms with Crippen LogP contribution >= 0.6 is 15.9 Å². The fourth-order valence-corrected chi connectivity index (χ4v) is 2.14. The number of halogens is 1. The van der Waals surface area contributed by atoms with E-state index < -0.39 is 0 Å². The zero-order chi connectivity index (χ0) is 14.0. The molecule has 19 heavy (non-hydrogen) atoms. The quantitative estimate of drug-likeness (QED) is 0.865. The highest BCUT2D eigenvalue weighted by atomic mass is 79.9. The van der Waals surface area contributed by atoms with Crippen molar-refractivity contribution in [1.82, 2.24) is 4.68 Å². The summed E-state index contributed by atoms with van der Waals surface area (Å²) in [7, 11) is 0. The molecule has 0 aliphatic carbocycles. The van der Waals surface area contributed by atoms with Gasteiger partial charge in [0.2, 0.25) is 0 Å². The number of phenols is 1. The first-order chi connectivity index (χ1) is 8.97. The lowest BCUT2D eigenvalue weighted by atomic mass is 10.2. The van der Waals surface area contributed by atoms with Crippen molar-refractivity contribution >= 4 is 22.1 Å². The minimum Gasteiger partial charge on any atom is -0.507 e. The second-order valence-corrected chi connectivity index (χ2v) is 5.19. The number of benzene rings is 1. The minimum absolute atomic E-state index is 0.116. The van der Waals surface area contributed by atoms with E-state index in [2.05, 4.69) is 21.0 Å². The van der Waals surface area contributed by atoms with Gasteiger partial charge in [0.25, 0.3) is 5.56 Å². The molecule has 2 aromatic rings. The van der Waals surface area contributed by atoms with E-state index in [4.69, 9.17) is 0 Å². The summed E-state index contributed by atoms with van der Waals surface area (Å²) in [6.45, 7) is 3.68. The van der Waals surface area contributed by atoms with E-state index >= 15 is 0 Å². The zero-order valence-corrected chi connectivity index (χ0v) is 12.2. The minimum atomic E-state index is -0.191. The average Bonchev–Trinajstić information content (AvgIpc) is 2.32. The Kier molecular flexibility index (Phi) is 3.85. The summed E-state index contributed by atoms with van der Waals surface area (Å²) in [4.78, 5) is 11.8. The molecule has 0 atom stereocenters. The van der Waals surface area contributed by atoms with Gasteiger partial charge >= 0.3 is 0 Å². The van der Waals surface area contributed by atoms with Gasteiger partial charge in [-0.1, -0.05) is 15.9 Å². The molecule has 0 spiro atoms. The summed E-state index contributed by atoms with van der Waals surface area (Å²) in [6.07, 6.45) is 1.46. The number of aromatic nitrogens is 1. The molecule has 0 unspecified atom stereocenters. The third-order valence-electron chi connectivity index (χ3n) is 2.63. The third-order valence-corrected chi connectivity index (χ3v) is 3.13. The molecular weight excluding hydrogens is 308 g/mol. The molecule has 0 bridgehead atoms. The molecule has 0 amide bonds. The molecule has 5 heteroatoms. The monoisotopic (exact) mass is 320 g/mol. The van der Waals surface area contributed by atoms with Crippen molar-refractivity contribution in [3.8, 4) is 5.75 Å². The van der Waals surface area contributed by atoms with Crippen LogP contribution in [0.5, 0.6) is 5.75 Å². The van der Waals surface area contributed by atoms with Crippen molar-refractivity contribution in [1.29, 1.82) is 0 Å². The van der Waals surface area contributed by atoms with Crippen LogP contribution < -0.4 is 5.56 Å². The Hall–Kier alpha value is -1.88. The predicted molar refractivity (Wildman–Crippen MR) is 79.0 cm³/mol. The number of nitrogens with zero attached hydrogens (tertiary/aromatic N) is 2. The number of rotatable bonds is 2. The summed E-state index contributed by atoms with van der Waals surface area (Å²) >= 11 is 3.32. The van der Waals surface area contributed by atoms with Crippen molar-refractivity contribution in [3.63, 3.8) is 0 Å². The summed E-state index contributed by atoms with van der Waals surface area (Å²) in [5, 5.41) is 13.8. The smallest absolute Gasteiger partial charge is 0.271 e. The second-order valence-electron chi connectivity index (χ2n) is 4.27. The maximum Gasteiger partial charge on any atom is 0.271 e. The molecule has 0 aliphatic heterocycles. The van der Waals surface area contributed by atoms with Crippen molar-refractivity contribution in [3.05, 3.63) is 62.0 Å². The maximum absolute atomic E-state index is 11.8. The number of pyridine rings is 1. The molecule has 0 radical (unpaired) electrons. The van der Waals surface area contributed by atoms with Gasteiger partial charge in [0.05, 0.1) is 6.21 Å². The van der Waals surface area contributed by atoms with Gasteiger partial charge in [-0.05, 0) is 43.7 Å². The number of aryl methyl sites for hydroxylation is 2. The highest BCUT2D eigenvalue weighted by molar-refractivity contribution is 9.10. The maximum atomic E-state index is 11.8. The number of aromatic hydroxyl groups is 1. The van der Waals surface area contributed by atoms with Crippen LogP contribution in [0.25, 0.3) is 0 Å². The molecule has 98 valence electrons. The lowest BCUT2D eigenvalue weighted by Gasteiger charge is -2.04. The Balaban J connectivity index is 2.44. The Morgan fingerprint density at radius 2 is 2.00 bits per heavy atom. The lowest BCUT2D eigenvalue weighted by Crippen LogP contribution is -2.18. The first kappa shape index (κ1) is 13.5. The molecule has 2 rings (SSSR count). The van der Waals surface area contributed by atoms with Gasteiger partial charge in [-0.3, -0.25) is 4.79 Å². The largest absolute Gasteiger partial charge is 0.507 e. The molecule has 1 heterocycles. The summed E-state index contributed by atoms with van der Waals surface area (Å²) in [6, 6.07) is 8.42. The van der Waals surface area contributed by atoms with Crippen molar-refractivity contribution in [2.75, 3.05) is 0 Å². The fraction of sp³-hybridized carbons (Fsp3) is 0.143. The molecule has 1 N–H and O–H groups in total. The van der Waals surface area contributed by atoms with Crippen molar-refractivity contribution in [2.45, 2.75) is 13.8 Å². The van der Waals surface area contributed by atoms with Crippen LogP contribution in [0.1, 0.15) is 16.8 Å². The first-order valence-corrected chi connectivity index (χ1v) is 6.50. The normalized spacial score (nSPS) is 11.1. The number of hydrogen-bond donors (Lipinski definition) is 1. The molecule has 1 aromatic carbocycles. The zero-order valence-electron chi connectivity index (χ0n) is 10.6. The molecular formula is C14H13BrN2O2. The van der Waals surface area contributed by atoms with Crippen molar-refractivity contribution in [2.24, 2.45) is 5.10 Å². The number of hydrogen-bond acceptors (Lipinski definition) is 3. The van der Waals surface area contributed by atoms with Gasteiger partial charge in [0, 0.05) is 21.8 Å². The highest BCUT2D eigenvalue weighted by Gasteiger charge is 2.01. The van der Waals surface area contributed by atoms with E-state index in [0.29, 0.717) is 5.56 Å². The number of phenolic OH excluding ortho intramolecular Hbond substituents is 1. The average molecular weight is 321 g/mol. The van der Waals surface area contributed by atoms with Gasteiger partial charge < -0.3 is 5.11 Å². The van der Waals surface area contributed by atoms with Crippen molar-refractivity contribution < 1.29 is 5.11 Å². The predicted octanol–water partition coefficient (Wildman–Crippen LogP) is 2.82. The van der Waals surface area contributed by atoms with Gasteiger partial charge in [-0.25, -0.2) is 4.68 Å². The van der Waals surface area contributed by atoms with Gasteiger partial charge in [0.1, 0.15) is 5.75 Å². The van der Waals surface area contributed by atoms with Crippen LogP contribution in [0.15, 0.2) is 44.7 Å². The molecule has 1 aromatic heterocycles. The topological polar surface area (TPSA) is 54.6 Å². The highest BCUT2D eigenvalue weighted by Crippen LogP contribution is 2.20. The molecule has 0 saturated carbocycles. The van der Waals surface area contributed by atoms with E-state index in [1.165, 1.54) is 17.0 Å². The van der Waals surface area contributed by atoms with Crippen LogP contribution in [0.4, 0.5) is 0 Å². The van der Waals surface area contributed by atoms with E-state index in [9.17, 15) is 9.90 Å². The van der Waals surface area contributed by atoms with E-state index in [0.717, 1.165) is 15.7 Å². The Morgan fingerprint density at radius 1 is 1.26 bits per heavy atom. The van der Waals surface area contributed by atoms with Gasteiger partial charge in [0.15, 0.2) is 0 Å². The molecule has 0 aliphatic rings. The molecule has 0 fully saturated rings. The SMILES string of the molecule is Cc1cc(C)n(N=Cc2cc(Br)ccc2O)c(=O)c1. The standard InChI is InChI=1S/C14H13BrN2O2/c1-9-5-10(2)17(14(19)6-9)16-8-11-7-12(15)3-4-13(11)18/h3-8,18H,1-2H3. The van der Waals surface area contributed by atoms with E-state index in [1.807, 2.05) is 19.9 Å². The summed E-state index contributed by atoms with van der Waals surface area (Å²) in [5.74, 6) is 0.116. The molecule has 4 nitrogen and oxygen atoms in total. The van der Waals surface area contributed by atoms with Gasteiger partial charge in [-0.15, -0.1) is 0 Å². The summed E-state index contributed by atoms with van der Waals surface area (Å²) < 4.78 is 2.13. The van der Waals surface area contributed by atoms with Crippen LogP contribution in [0, 0.1) is 13.8 Å². The van der Waals surface area contributed by atoms with Crippen LogP contribution in [-0.4, -0.2) is 16.0 Å².